The number of rotatable bonds is 5. The van der Waals surface area contributed by atoms with Crippen molar-refractivity contribution < 1.29 is 0 Å². The monoisotopic (exact) mass is 318 g/mol. The van der Waals surface area contributed by atoms with Gasteiger partial charge in [0.15, 0.2) is 5.66 Å². The molecule has 0 saturated carbocycles. The first-order chi connectivity index (χ1) is 11.6. The molecule has 4 nitrogen and oxygen atoms in total. The summed E-state index contributed by atoms with van der Waals surface area (Å²) < 4.78 is 0. The van der Waals surface area contributed by atoms with Crippen LogP contribution < -0.4 is 16.8 Å². The van der Waals surface area contributed by atoms with E-state index in [2.05, 4.69) is 24.9 Å². The van der Waals surface area contributed by atoms with Gasteiger partial charge in [0.1, 0.15) is 0 Å². The Kier molecular flexibility index (Phi) is 4.13. The van der Waals surface area contributed by atoms with E-state index < -0.39 is 5.66 Å². The van der Waals surface area contributed by atoms with Crippen molar-refractivity contribution in [2.45, 2.75) is 19.0 Å². The Morgan fingerprint density at radius 1 is 1.21 bits per heavy atom. The van der Waals surface area contributed by atoms with Gasteiger partial charge in [0.05, 0.1) is 0 Å². The number of aryl methyl sites for hydroxylation is 1. The molecule has 122 valence electrons. The summed E-state index contributed by atoms with van der Waals surface area (Å²) in [5.41, 5.74) is 17.0. The average molecular weight is 318 g/mol. The summed E-state index contributed by atoms with van der Waals surface area (Å²) in [6.07, 6.45) is 6.30. The maximum atomic E-state index is 6.20. The minimum Gasteiger partial charge on any atom is -0.399 e. The minimum absolute atomic E-state index is 0.629. The lowest BCUT2D eigenvalue weighted by Crippen LogP contribution is -2.36. The third kappa shape index (κ3) is 2.78. The lowest BCUT2D eigenvalue weighted by Gasteiger charge is -2.32. The Morgan fingerprint density at radius 3 is 2.75 bits per heavy atom. The van der Waals surface area contributed by atoms with Crippen molar-refractivity contribution >= 4 is 28.8 Å². The lowest BCUT2D eigenvalue weighted by molar-refractivity contribution is 0.646. The van der Waals surface area contributed by atoms with Crippen molar-refractivity contribution in [2.24, 2.45) is 4.99 Å². The van der Waals surface area contributed by atoms with E-state index in [1.54, 1.807) is 6.07 Å². The second kappa shape index (κ2) is 6.24. The van der Waals surface area contributed by atoms with Crippen LogP contribution in [0.3, 0.4) is 0 Å². The highest BCUT2D eigenvalue weighted by atomic mass is 15.2. The summed E-state index contributed by atoms with van der Waals surface area (Å²) in [5, 5.41) is 3.59. The summed E-state index contributed by atoms with van der Waals surface area (Å²) in [6, 6.07) is 13.7. The highest BCUT2D eigenvalue weighted by molar-refractivity contribution is 5.98. The molecule has 1 aliphatic rings. The van der Waals surface area contributed by atoms with Gasteiger partial charge in [-0.2, -0.15) is 0 Å². The smallest absolute Gasteiger partial charge is 0.159 e. The van der Waals surface area contributed by atoms with Crippen LogP contribution in [0.1, 0.15) is 17.5 Å². The zero-order valence-corrected chi connectivity index (χ0v) is 13.8. The van der Waals surface area contributed by atoms with E-state index in [1.165, 1.54) is 0 Å². The van der Waals surface area contributed by atoms with Crippen LogP contribution >= 0.6 is 0 Å². The number of benzene rings is 2. The molecule has 2 aromatic rings. The number of allylic oxidation sites excluding steroid dienone is 1. The number of para-hydroxylation sites is 1. The maximum absolute atomic E-state index is 6.20. The molecule has 3 rings (SSSR count). The zero-order valence-electron chi connectivity index (χ0n) is 13.8. The molecule has 1 heterocycles. The first-order valence-electron chi connectivity index (χ1n) is 7.92. The average Bonchev–Trinajstić information content (AvgIpc) is 2.96. The molecule has 0 spiro atoms. The normalized spacial score (nSPS) is 19.1. The van der Waals surface area contributed by atoms with Gasteiger partial charge in [-0.1, -0.05) is 24.3 Å². The van der Waals surface area contributed by atoms with Crippen molar-refractivity contribution in [2.75, 3.05) is 16.8 Å². The molecule has 24 heavy (non-hydrogen) atoms. The molecular formula is C20H22N4. The standard InChI is InChI=1S/C20H22N4/c1-3-11-20(24-19-7-5-4-6-14(19)2)17(10-12-23-20)16-13-15(21)8-9-18(16)22/h3-10,12-13,24H,1,11,21-22H2,2H3. The third-order valence-corrected chi connectivity index (χ3v) is 4.28. The van der Waals surface area contributed by atoms with Crippen molar-refractivity contribution in [1.82, 2.24) is 0 Å². The Morgan fingerprint density at radius 2 is 2.00 bits per heavy atom. The van der Waals surface area contributed by atoms with Gasteiger partial charge in [-0.25, -0.2) is 0 Å². The molecule has 4 heteroatoms. The number of nitrogen functional groups attached to an aromatic ring is 2. The van der Waals surface area contributed by atoms with E-state index in [-0.39, 0.29) is 0 Å². The topological polar surface area (TPSA) is 76.4 Å². The highest BCUT2D eigenvalue weighted by Gasteiger charge is 2.36. The van der Waals surface area contributed by atoms with E-state index in [0.717, 1.165) is 22.4 Å². The molecule has 0 aliphatic carbocycles. The van der Waals surface area contributed by atoms with Gasteiger partial charge >= 0.3 is 0 Å². The minimum atomic E-state index is -0.629. The van der Waals surface area contributed by atoms with Crippen LogP contribution in [0.25, 0.3) is 5.57 Å². The first kappa shape index (κ1) is 15.9. The van der Waals surface area contributed by atoms with Gasteiger partial charge in [-0.15, -0.1) is 6.58 Å². The molecular weight excluding hydrogens is 296 g/mol. The second-order valence-corrected chi connectivity index (χ2v) is 6.00. The fourth-order valence-electron chi connectivity index (χ4n) is 3.02. The summed E-state index contributed by atoms with van der Waals surface area (Å²) in [6.45, 7) is 5.97. The Bertz CT molecular complexity index is 835. The van der Waals surface area contributed by atoms with Crippen molar-refractivity contribution in [3.63, 3.8) is 0 Å². The highest BCUT2D eigenvalue weighted by Crippen LogP contribution is 2.40. The largest absolute Gasteiger partial charge is 0.399 e. The van der Waals surface area contributed by atoms with E-state index in [1.807, 2.05) is 48.7 Å². The van der Waals surface area contributed by atoms with E-state index in [4.69, 9.17) is 16.5 Å². The molecule has 0 radical (unpaired) electrons. The van der Waals surface area contributed by atoms with Gasteiger partial charge in [0.2, 0.25) is 0 Å². The third-order valence-electron chi connectivity index (χ3n) is 4.28. The SMILES string of the molecule is C=CCC1(Nc2ccccc2C)N=CC=C1c1cc(N)ccc1N. The summed E-state index contributed by atoms with van der Waals surface area (Å²) in [5.74, 6) is 0. The summed E-state index contributed by atoms with van der Waals surface area (Å²) in [4.78, 5) is 4.73. The molecule has 0 amide bonds. The van der Waals surface area contributed by atoms with Crippen LogP contribution in [0.5, 0.6) is 0 Å². The molecule has 1 unspecified atom stereocenters. The van der Waals surface area contributed by atoms with Crippen LogP contribution in [0.2, 0.25) is 0 Å². The van der Waals surface area contributed by atoms with E-state index in [9.17, 15) is 0 Å². The van der Waals surface area contributed by atoms with Crippen LogP contribution in [-0.4, -0.2) is 11.9 Å². The van der Waals surface area contributed by atoms with Crippen molar-refractivity contribution in [1.29, 1.82) is 0 Å². The van der Waals surface area contributed by atoms with Crippen molar-refractivity contribution in [3.05, 3.63) is 72.3 Å². The van der Waals surface area contributed by atoms with Gasteiger partial charge in [-0.3, -0.25) is 4.99 Å². The van der Waals surface area contributed by atoms with Crippen LogP contribution in [0.15, 0.2) is 66.2 Å². The van der Waals surface area contributed by atoms with Crippen LogP contribution in [-0.2, 0) is 0 Å². The molecule has 0 saturated heterocycles. The fraction of sp³-hybridized carbons (Fsp3) is 0.150. The second-order valence-electron chi connectivity index (χ2n) is 6.00. The fourth-order valence-corrected chi connectivity index (χ4v) is 3.02. The number of nitrogens with two attached hydrogens (primary N) is 2. The molecule has 1 aliphatic heterocycles. The predicted octanol–water partition coefficient (Wildman–Crippen LogP) is 4.01. The molecule has 0 aromatic heterocycles. The zero-order chi connectivity index (χ0) is 17.2. The van der Waals surface area contributed by atoms with Crippen LogP contribution in [0, 0.1) is 6.92 Å². The first-order valence-corrected chi connectivity index (χ1v) is 7.92. The van der Waals surface area contributed by atoms with Crippen molar-refractivity contribution in [3.8, 4) is 0 Å². The van der Waals surface area contributed by atoms with E-state index in [0.29, 0.717) is 17.8 Å². The molecule has 0 bridgehead atoms. The number of hydrogen-bond acceptors (Lipinski definition) is 4. The van der Waals surface area contributed by atoms with Gasteiger partial charge in [0.25, 0.3) is 0 Å². The van der Waals surface area contributed by atoms with Crippen LogP contribution in [0.4, 0.5) is 17.1 Å². The number of anilines is 3. The van der Waals surface area contributed by atoms with Gasteiger partial charge < -0.3 is 16.8 Å². The Labute approximate surface area is 142 Å². The molecule has 2 aromatic carbocycles. The maximum Gasteiger partial charge on any atom is 0.159 e. The number of aliphatic imine (C=N–C) groups is 1. The molecule has 1 atom stereocenters. The number of nitrogens with one attached hydrogen (secondary N) is 1. The van der Waals surface area contributed by atoms with Gasteiger partial charge in [0, 0.05) is 40.8 Å². The number of hydrogen-bond donors (Lipinski definition) is 3. The molecule has 5 N–H and O–H groups in total. The Balaban J connectivity index is 2.07. The predicted molar refractivity (Wildman–Crippen MR) is 104 cm³/mol. The van der Waals surface area contributed by atoms with E-state index >= 15 is 0 Å². The van der Waals surface area contributed by atoms with Gasteiger partial charge in [-0.05, 0) is 42.8 Å². The lowest BCUT2D eigenvalue weighted by atomic mass is 9.89. The molecule has 0 fully saturated rings. The summed E-state index contributed by atoms with van der Waals surface area (Å²) in [7, 11) is 0. The quantitative estimate of drug-likeness (QED) is 0.576. The Hall–Kier alpha value is -3.01. The number of nitrogens with zero attached hydrogens (tertiary/aromatic N) is 1. The summed E-state index contributed by atoms with van der Waals surface area (Å²) >= 11 is 0.